The summed E-state index contributed by atoms with van der Waals surface area (Å²) in [6, 6.07) is 13.2. The highest BCUT2D eigenvalue weighted by Gasteiger charge is 2.50. The van der Waals surface area contributed by atoms with Crippen LogP contribution >= 0.6 is 0 Å². The molecule has 9 nitrogen and oxygen atoms in total. The maximum absolute atomic E-state index is 13.3. The van der Waals surface area contributed by atoms with Crippen LogP contribution in [-0.4, -0.2) is 46.1 Å². The molecule has 3 heterocycles. The SMILES string of the molecule is COc1cc(CNc2ncccc2C(=O)Nc2ccc3c(c2)CN(C(=O)OC(C)(C)C)CC32CC2)ccn1. The van der Waals surface area contributed by atoms with Gasteiger partial charge in [-0.3, -0.25) is 4.79 Å². The Morgan fingerprint density at radius 3 is 2.63 bits per heavy atom. The van der Waals surface area contributed by atoms with Gasteiger partial charge in [0.1, 0.15) is 11.4 Å². The number of aromatic nitrogens is 2. The van der Waals surface area contributed by atoms with Crippen molar-refractivity contribution in [2.45, 2.75) is 57.7 Å². The minimum atomic E-state index is -0.553. The van der Waals surface area contributed by atoms with Crippen molar-refractivity contribution in [2.24, 2.45) is 0 Å². The van der Waals surface area contributed by atoms with Crippen LogP contribution in [0.5, 0.6) is 5.88 Å². The fraction of sp³-hybridized carbons (Fsp3) is 0.379. The molecule has 198 valence electrons. The van der Waals surface area contributed by atoms with E-state index in [1.165, 1.54) is 5.56 Å². The van der Waals surface area contributed by atoms with Gasteiger partial charge in [-0.05, 0) is 80.6 Å². The molecular formula is C29H33N5O4. The molecule has 0 atom stereocenters. The van der Waals surface area contributed by atoms with E-state index in [9.17, 15) is 9.59 Å². The highest BCUT2D eigenvalue weighted by Crippen LogP contribution is 2.52. The molecule has 2 amide bonds. The number of fused-ring (bicyclic) bond motifs is 2. The predicted molar refractivity (Wildman–Crippen MR) is 144 cm³/mol. The third kappa shape index (κ3) is 5.56. The van der Waals surface area contributed by atoms with E-state index in [1.54, 1.807) is 36.5 Å². The molecule has 1 aliphatic carbocycles. The number of amides is 2. The standard InChI is InChI=1S/C29H33N5O4/c1-28(2,3)38-27(36)34-17-20-15-21(7-8-23(20)29(18-34)10-11-29)33-26(35)22-6-5-12-31-25(22)32-16-19-9-13-30-24(14-19)37-4/h5-9,12-15H,10-11,16-18H2,1-4H3,(H,31,32)(H,33,35). The third-order valence-electron chi connectivity index (χ3n) is 6.82. The number of methoxy groups -OCH3 is 1. The van der Waals surface area contributed by atoms with Crippen molar-refractivity contribution in [3.63, 3.8) is 0 Å². The van der Waals surface area contributed by atoms with E-state index in [0.717, 1.165) is 24.0 Å². The number of rotatable bonds is 6. The van der Waals surface area contributed by atoms with Gasteiger partial charge in [0.2, 0.25) is 5.88 Å². The Labute approximate surface area is 222 Å². The molecule has 0 unspecified atom stereocenters. The summed E-state index contributed by atoms with van der Waals surface area (Å²) < 4.78 is 10.8. The fourth-order valence-electron chi connectivity index (χ4n) is 4.85. The van der Waals surface area contributed by atoms with E-state index in [-0.39, 0.29) is 17.4 Å². The van der Waals surface area contributed by atoms with Gasteiger partial charge in [-0.25, -0.2) is 14.8 Å². The summed E-state index contributed by atoms with van der Waals surface area (Å²) in [5, 5.41) is 6.25. The Morgan fingerprint density at radius 1 is 1.08 bits per heavy atom. The summed E-state index contributed by atoms with van der Waals surface area (Å²) in [6.45, 7) is 7.19. The molecule has 2 aliphatic rings. The van der Waals surface area contributed by atoms with Crippen LogP contribution in [-0.2, 0) is 23.2 Å². The van der Waals surface area contributed by atoms with Crippen LogP contribution in [0.15, 0.2) is 54.9 Å². The Balaban J connectivity index is 1.31. The minimum Gasteiger partial charge on any atom is -0.481 e. The second-order valence-electron chi connectivity index (χ2n) is 10.9. The van der Waals surface area contributed by atoms with Gasteiger partial charge in [0.15, 0.2) is 0 Å². The van der Waals surface area contributed by atoms with E-state index in [4.69, 9.17) is 9.47 Å². The number of nitrogens with zero attached hydrogens (tertiary/aromatic N) is 3. The lowest BCUT2D eigenvalue weighted by molar-refractivity contribution is 0.0196. The van der Waals surface area contributed by atoms with Crippen LogP contribution in [0.25, 0.3) is 0 Å². The van der Waals surface area contributed by atoms with Gasteiger partial charge >= 0.3 is 6.09 Å². The molecule has 1 saturated carbocycles. The normalized spacial score (nSPS) is 15.4. The summed E-state index contributed by atoms with van der Waals surface area (Å²) in [7, 11) is 1.57. The number of carbonyl (C=O) groups is 2. The second kappa shape index (κ2) is 9.96. The zero-order valence-corrected chi connectivity index (χ0v) is 22.2. The van der Waals surface area contributed by atoms with Crippen molar-refractivity contribution in [1.82, 2.24) is 14.9 Å². The molecule has 5 rings (SSSR count). The van der Waals surface area contributed by atoms with E-state index in [0.29, 0.717) is 42.6 Å². The zero-order valence-electron chi connectivity index (χ0n) is 22.2. The largest absolute Gasteiger partial charge is 0.481 e. The highest BCUT2D eigenvalue weighted by molar-refractivity contribution is 6.07. The van der Waals surface area contributed by atoms with Gasteiger partial charge in [-0.2, -0.15) is 0 Å². The smallest absolute Gasteiger partial charge is 0.410 e. The molecule has 1 aromatic carbocycles. The van der Waals surface area contributed by atoms with Gasteiger partial charge < -0.3 is 25.0 Å². The minimum absolute atomic E-state index is 0.0108. The summed E-state index contributed by atoms with van der Waals surface area (Å²) >= 11 is 0. The maximum atomic E-state index is 13.3. The number of hydrogen-bond acceptors (Lipinski definition) is 7. The average molecular weight is 516 g/mol. The van der Waals surface area contributed by atoms with Crippen molar-refractivity contribution < 1.29 is 19.1 Å². The first-order valence-corrected chi connectivity index (χ1v) is 12.8. The van der Waals surface area contributed by atoms with E-state index in [2.05, 4.69) is 26.7 Å². The van der Waals surface area contributed by atoms with Crippen molar-refractivity contribution in [3.05, 3.63) is 77.1 Å². The lowest BCUT2D eigenvalue weighted by atomic mass is 9.87. The van der Waals surface area contributed by atoms with Crippen molar-refractivity contribution in [2.75, 3.05) is 24.3 Å². The van der Waals surface area contributed by atoms with E-state index in [1.807, 2.05) is 45.0 Å². The van der Waals surface area contributed by atoms with Gasteiger partial charge in [0.25, 0.3) is 5.91 Å². The van der Waals surface area contributed by atoms with Crippen LogP contribution in [0.2, 0.25) is 0 Å². The van der Waals surface area contributed by atoms with Gasteiger partial charge in [-0.15, -0.1) is 0 Å². The molecule has 2 N–H and O–H groups in total. The Hall–Kier alpha value is -4.14. The number of benzene rings is 1. The van der Waals surface area contributed by atoms with Crippen LogP contribution in [0.3, 0.4) is 0 Å². The first-order valence-electron chi connectivity index (χ1n) is 12.8. The Morgan fingerprint density at radius 2 is 1.89 bits per heavy atom. The number of anilines is 2. The van der Waals surface area contributed by atoms with Crippen molar-refractivity contribution >= 4 is 23.5 Å². The number of carbonyl (C=O) groups excluding carboxylic acids is 2. The van der Waals surface area contributed by atoms with Gasteiger partial charge in [-0.1, -0.05) is 6.07 Å². The zero-order chi connectivity index (χ0) is 26.9. The molecule has 1 fully saturated rings. The van der Waals surface area contributed by atoms with Crippen LogP contribution < -0.4 is 15.4 Å². The molecule has 1 spiro atoms. The second-order valence-corrected chi connectivity index (χ2v) is 10.9. The third-order valence-corrected chi connectivity index (χ3v) is 6.82. The fourth-order valence-corrected chi connectivity index (χ4v) is 4.85. The topological polar surface area (TPSA) is 106 Å². The molecule has 9 heteroatoms. The lowest BCUT2D eigenvalue weighted by Crippen LogP contribution is -2.44. The van der Waals surface area contributed by atoms with Crippen LogP contribution in [0.4, 0.5) is 16.3 Å². The molecule has 0 bridgehead atoms. The van der Waals surface area contributed by atoms with E-state index >= 15 is 0 Å². The summed E-state index contributed by atoms with van der Waals surface area (Å²) in [5.74, 6) is 0.731. The maximum Gasteiger partial charge on any atom is 0.410 e. The van der Waals surface area contributed by atoms with Gasteiger partial charge in [0.05, 0.1) is 12.7 Å². The van der Waals surface area contributed by atoms with Crippen LogP contribution in [0.1, 0.15) is 60.7 Å². The van der Waals surface area contributed by atoms with E-state index < -0.39 is 5.60 Å². The Bertz CT molecular complexity index is 1360. The summed E-state index contributed by atoms with van der Waals surface area (Å²) in [5.41, 5.74) is 3.78. The van der Waals surface area contributed by atoms with Crippen molar-refractivity contribution in [1.29, 1.82) is 0 Å². The van der Waals surface area contributed by atoms with Crippen LogP contribution in [0, 0.1) is 0 Å². The molecule has 2 aromatic heterocycles. The number of hydrogen-bond donors (Lipinski definition) is 2. The molecule has 38 heavy (non-hydrogen) atoms. The monoisotopic (exact) mass is 515 g/mol. The molecule has 0 radical (unpaired) electrons. The predicted octanol–water partition coefficient (Wildman–Crippen LogP) is 5.13. The Kier molecular flexibility index (Phi) is 6.69. The lowest BCUT2D eigenvalue weighted by Gasteiger charge is -2.36. The molecule has 1 aliphatic heterocycles. The van der Waals surface area contributed by atoms with Gasteiger partial charge in [0, 0.05) is 49.2 Å². The first-order chi connectivity index (χ1) is 18.2. The summed E-state index contributed by atoms with van der Waals surface area (Å²) in [6.07, 6.45) is 5.10. The molecule has 3 aromatic rings. The first kappa shape index (κ1) is 25.5. The van der Waals surface area contributed by atoms with Crippen molar-refractivity contribution in [3.8, 4) is 5.88 Å². The molecular weight excluding hydrogens is 482 g/mol. The number of ether oxygens (including phenoxy) is 2. The highest BCUT2D eigenvalue weighted by atomic mass is 16.6. The molecule has 0 saturated heterocycles. The summed E-state index contributed by atoms with van der Waals surface area (Å²) in [4.78, 5) is 36.4. The quantitative estimate of drug-likeness (QED) is 0.469. The number of nitrogens with one attached hydrogen (secondary N) is 2. The number of pyridine rings is 2. The average Bonchev–Trinajstić information content (AvgIpc) is 3.66.